The van der Waals surface area contributed by atoms with Gasteiger partial charge < -0.3 is 5.32 Å². The van der Waals surface area contributed by atoms with E-state index in [0.29, 0.717) is 11.5 Å². The van der Waals surface area contributed by atoms with E-state index < -0.39 is 0 Å². The summed E-state index contributed by atoms with van der Waals surface area (Å²) in [6.07, 6.45) is 3.92. The average Bonchev–Trinajstić information content (AvgIpc) is 2.67. The Morgan fingerprint density at radius 2 is 2.06 bits per heavy atom. The number of rotatable bonds is 4. The van der Waals surface area contributed by atoms with Gasteiger partial charge in [-0.3, -0.25) is 0 Å². The average molecular weight is 229 g/mol. The lowest BCUT2D eigenvalue weighted by molar-refractivity contribution is 0.367. The zero-order chi connectivity index (χ0) is 12.3. The molecule has 1 atom stereocenters. The van der Waals surface area contributed by atoms with Crippen molar-refractivity contribution in [3.05, 3.63) is 42.5 Å². The highest BCUT2D eigenvalue weighted by molar-refractivity contribution is 5.64. The highest BCUT2D eigenvalue weighted by Gasteiger charge is 2.30. The molecule has 1 saturated carbocycles. The Hall–Kier alpha value is -1.08. The molecule has 0 radical (unpaired) electrons. The van der Waals surface area contributed by atoms with Crippen LogP contribution in [0.4, 0.5) is 0 Å². The summed E-state index contributed by atoms with van der Waals surface area (Å²) in [6.45, 7) is 9.79. The molecule has 1 heteroatoms. The van der Waals surface area contributed by atoms with Crippen molar-refractivity contribution in [3.63, 3.8) is 0 Å². The highest BCUT2D eigenvalue weighted by atomic mass is 14.9. The first-order chi connectivity index (χ1) is 8.07. The van der Waals surface area contributed by atoms with E-state index in [1.165, 1.54) is 30.4 Å². The van der Waals surface area contributed by atoms with Crippen LogP contribution in [0.25, 0.3) is 5.57 Å². The summed E-state index contributed by atoms with van der Waals surface area (Å²) in [6, 6.07) is 11.1. The Morgan fingerprint density at radius 1 is 1.35 bits per heavy atom. The Kier molecular flexibility index (Phi) is 3.68. The zero-order valence-electron chi connectivity index (χ0n) is 11.0. The molecule has 1 aliphatic carbocycles. The van der Waals surface area contributed by atoms with Crippen molar-refractivity contribution in [2.75, 3.05) is 6.54 Å². The monoisotopic (exact) mass is 229 g/mol. The van der Waals surface area contributed by atoms with Crippen LogP contribution in [-0.2, 0) is 0 Å². The Morgan fingerprint density at radius 3 is 2.65 bits per heavy atom. The fourth-order valence-electron chi connectivity index (χ4n) is 2.65. The van der Waals surface area contributed by atoms with E-state index in [1.807, 2.05) is 6.07 Å². The second-order valence-electron chi connectivity index (χ2n) is 5.95. The minimum Gasteiger partial charge on any atom is -0.310 e. The molecular formula is C16H23N. The zero-order valence-corrected chi connectivity index (χ0v) is 11.0. The van der Waals surface area contributed by atoms with Crippen LogP contribution in [0, 0.1) is 5.41 Å². The molecule has 0 heterocycles. The predicted molar refractivity (Wildman–Crippen MR) is 74.9 cm³/mol. The van der Waals surface area contributed by atoms with Gasteiger partial charge >= 0.3 is 0 Å². The van der Waals surface area contributed by atoms with Crippen molar-refractivity contribution in [1.82, 2.24) is 5.32 Å². The molecular weight excluding hydrogens is 206 g/mol. The fourth-order valence-corrected chi connectivity index (χ4v) is 2.65. The van der Waals surface area contributed by atoms with Crippen molar-refractivity contribution >= 4 is 5.57 Å². The van der Waals surface area contributed by atoms with Crippen molar-refractivity contribution in [2.45, 2.75) is 39.2 Å². The third-order valence-corrected chi connectivity index (χ3v) is 3.75. The molecule has 92 valence electrons. The highest BCUT2D eigenvalue weighted by Crippen LogP contribution is 2.36. The molecule has 1 nitrogen and oxygen atoms in total. The van der Waals surface area contributed by atoms with Crippen LogP contribution >= 0.6 is 0 Å². The quantitative estimate of drug-likeness (QED) is 0.826. The lowest BCUT2D eigenvalue weighted by Gasteiger charge is -2.18. The van der Waals surface area contributed by atoms with Crippen molar-refractivity contribution in [1.29, 1.82) is 0 Å². The van der Waals surface area contributed by atoms with E-state index in [4.69, 9.17) is 0 Å². The summed E-state index contributed by atoms with van der Waals surface area (Å²) in [7, 11) is 0. The van der Waals surface area contributed by atoms with Gasteiger partial charge in [0.15, 0.2) is 0 Å². The molecule has 17 heavy (non-hydrogen) atoms. The van der Waals surface area contributed by atoms with Crippen molar-refractivity contribution < 1.29 is 0 Å². The Labute approximate surface area is 105 Å². The minimum absolute atomic E-state index is 0.520. The van der Waals surface area contributed by atoms with E-state index in [1.54, 1.807) is 0 Å². The first-order valence-corrected chi connectivity index (χ1v) is 6.53. The summed E-state index contributed by atoms with van der Waals surface area (Å²) < 4.78 is 0. The van der Waals surface area contributed by atoms with Gasteiger partial charge in [-0.15, -0.1) is 0 Å². The van der Waals surface area contributed by atoms with E-state index in [9.17, 15) is 0 Å². The molecule has 1 fully saturated rings. The second-order valence-corrected chi connectivity index (χ2v) is 5.95. The summed E-state index contributed by atoms with van der Waals surface area (Å²) in [5.41, 5.74) is 2.96. The van der Waals surface area contributed by atoms with E-state index in [2.05, 4.69) is 50.0 Å². The second kappa shape index (κ2) is 5.05. The van der Waals surface area contributed by atoms with E-state index >= 15 is 0 Å². The van der Waals surface area contributed by atoms with Gasteiger partial charge in [0.1, 0.15) is 0 Å². The largest absolute Gasteiger partial charge is 0.310 e. The topological polar surface area (TPSA) is 12.0 Å². The van der Waals surface area contributed by atoms with Gasteiger partial charge in [0.05, 0.1) is 0 Å². The molecule has 0 spiro atoms. The molecule has 0 saturated heterocycles. The van der Waals surface area contributed by atoms with Gasteiger partial charge in [-0.25, -0.2) is 0 Å². The number of nitrogens with one attached hydrogen (secondary N) is 1. The Bertz CT molecular complexity index is 378. The van der Waals surface area contributed by atoms with Crippen LogP contribution in [0.15, 0.2) is 36.9 Å². The summed E-state index contributed by atoms with van der Waals surface area (Å²) in [5, 5.41) is 3.64. The predicted octanol–water partition coefficient (Wildman–Crippen LogP) is 3.87. The van der Waals surface area contributed by atoms with E-state index in [0.717, 1.165) is 6.54 Å². The van der Waals surface area contributed by atoms with Gasteiger partial charge in [-0.1, -0.05) is 50.8 Å². The molecule has 1 aromatic carbocycles. The first kappa shape index (κ1) is 12.4. The summed E-state index contributed by atoms with van der Waals surface area (Å²) in [5.74, 6) is 0. The fraction of sp³-hybridized carbons (Fsp3) is 0.500. The van der Waals surface area contributed by atoms with Crippen LogP contribution < -0.4 is 5.32 Å². The number of hydrogen-bond donors (Lipinski definition) is 1. The van der Waals surface area contributed by atoms with Gasteiger partial charge in [0.2, 0.25) is 0 Å². The summed E-state index contributed by atoms with van der Waals surface area (Å²) in [4.78, 5) is 0. The van der Waals surface area contributed by atoms with Crippen LogP contribution in [0.3, 0.4) is 0 Å². The van der Waals surface area contributed by atoms with Crippen molar-refractivity contribution in [2.24, 2.45) is 5.41 Å². The summed E-state index contributed by atoms with van der Waals surface area (Å²) >= 11 is 0. The maximum atomic E-state index is 4.16. The molecule has 1 aliphatic rings. The smallest absolute Gasteiger partial charge is 0.0208 e. The van der Waals surface area contributed by atoms with Gasteiger partial charge in [-0.2, -0.15) is 0 Å². The van der Waals surface area contributed by atoms with Crippen LogP contribution in [-0.4, -0.2) is 12.6 Å². The van der Waals surface area contributed by atoms with Gasteiger partial charge in [0.25, 0.3) is 0 Å². The number of hydrogen-bond acceptors (Lipinski definition) is 1. The van der Waals surface area contributed by atoms with Crippen LogP contribution in [0.5, 0.6) is 0 Å². The first-order valence-electron chi connectivity index (χ1n) is 6.53. The molecule has 1 N–H and O–H groups in total. The molecule has 2 rings (SSSR count). The molecule has 0 aliphatic heterocycles. The van der Waals surface area contributed by atoms with Crippen LogP contribution in [0.2, 0.25) is 0 Å². The lowest BCUT2D eigenvalue weighted by Crippen LogP contribution is -2.28. The maximum Gasteiger partial charge on any atom is 0.0208 e. The lowest BCUT2D eigenvalue weighted by atomic mass is 9.92. The third kappa shape index (κ3) is 3.44. The molecule has 0 amide bonds. The third-order valence-electron chi connectivity index (χ3n) is 3.75. The van der Waals surface area contributed by atoms with Gasteiger partial charge in [-0.05, 0) is 35.8 Å². The Balaban J connectivity index is 1.82. The minimum atomic E-state index is 0.520. The molecule has 0 bridgehead atoms. The van der Waals surface area contributed by atoms with Gasteiger partial charge in [0, 0.05) is 12.6 Å². The van der Waals surface area contributed by atoms with Crippen molar-refractivity contribution in [3.8, 4) is 0 Å². The number of benzene rings is 1. The maximum absolute atomic E-state index is 4.16. The molecule has 1 aromatic rings. The normalized spacial score (nSPS) is 22.6. The standard InChI is InChI=1S/C16H23N/c1-13(14-7-5-4-6-8-14)12-17-15-9-10-16(2,3)11-15/h4-8,15,17H,1,9-12H2,2-3H3. The molecule has 0 aromatic heterocycles. The van der Waals surface area contributed by atoms with Crippen LogP contribution in [0.1, 0.15) is 38.7 Å². The van der Waals surface area contributed by atoms with E-state index in [-0.39, 0.29) is 0 Å². The SMILES string of the molecule is C=C(CNC1CCC(C)(C)C1)c1ccccc1. The molecule has 1 unspecified atom stereocenters.